The Bertz CT molecular complexity index is 417. The van der Waals surface area contributed by atoms with Crippen LogP contribution < -0.4 is 11.3 Å². The third-order valence-electron chi connectivity index (χ3n) is 3.67. The summed E-state index contributed by atoms with van der Waals surface area (Å²) in [6.45, 7) is 5.16. The van der Waals surface area contributed by atoms with Gasteiger partial charge >= 0.3 is 0 Å². The number of nitrogens with two attached hydrogens (primary N) is 1. The van der Waals surface area contributed by atoms with Gasteiger partial charge in [0.25, 0.3) is 0 Å². The highest BCUT2D eigenvalue weighted by atomic mass is 15.4. The molecule has 5 heteroatoms. The molecule has 1 unspecified atom stereocenters. The zero-order valence-corrected chi connectivity index (χ0v) is 11.7. The molecule has 1 aromatic carbocycles. The van der Waals surface area contributed by atoms with E-state index in [-0.39, 0.29) is 0 Å². The molecule has 1 fully saturated rings. The van der Waals surface area contributed by atoms with Crippen molar-refractivity contribution in [1.29, 1.82) is 0 Å². The number of para-hydroxylation sites is 1. The van der Waals surface area contributed by atoms with Crippen LogP contribution in [-0.4, -0.2) is 48.5 Å². The zero-order chi connectivity index (χ0) is 13.7. The molecule has 1 saturated heterocycles. The van der Waals surface area contributed by atoms with Gasteiger partial charge in [-0.3, -0.25) is 10.3 Å². The van der Waals surface area contributed by atoms with Crippen LogP contribution in [0.5, 0.6) is 0 Å². The summed E-state index contributed by atoms with van der Waals surface area (Å²) in [7, 11) is 2.18. The first-order chi connectivity index (χ1) is 9.24. The fourth-order valence-corrected chi connectivity index (χ4v) is 2.40. The predicted molar refractivity (Wildman–Crippen MR) is 79.1 cm³/mol. The maximum atomic E-state index is 5.64. The normalized spacial score (nSPS) is 21.5. The highest BCUT2D eigenvalue weighted by molar-refractivity contribution is 5.82. The van der Waals surface area contributed by atoms with Crippen LogP contribution in [0.2, 0.25) is 0 Å². The van der Waals surface area contributed by atoms with Crippen molar-refractivity contribution in [3.63, 3.8) is 0 Å². The van der Waals surface area contributed by atoms with Gasteiger partial charge in [-0.15, -0.1) is 0 Å². The third-order valence-corrected chi connectivity index (χ3v) is 3.67. The average Bonchev–Trinajstić information content (AvgIpc) is 2.46. The first kappa shape index (κ1) is 13.8. The van der Waals surface area contributed by atoms with E-state index in [1.54, 1.807) is 0 Å². The number of nitrogens with one attached hydrogen (secondary N) is 1. The third kappa shape index (κ3) is 3.45. The predicted octanol–water partition coefficient (Wildman–Crippen LogP) is 1.16. The van der Waals surface area contributed by atoms with Crippen LogP contribution in [0, 0.1) is 0 Å². The molecule has 19 heavy (non-hydrogen) atoms. The Morgan fingerprint density at radius 1 is 1.37 bits per heavy atom. The van der Waals surface area contributed by atoms with Gasteiger partial charge < -0.3 is 4.90 Å². The van der Waals surface area contributed by atoms with Crippen molar-refractivity contribution >= 4 is 11.6 Å². The molecule has 1 aliphatic rings. The summed E-state index contributed by atoms with van der Waals surface area (Å²) in [5.41, 5.74) is 3.66. The van der Waals surface area contributed by atoms with E-state index in [0.29, 0.717) is 6.04 Å². The van der Waals surface area contributed by atoms with Gasteiger partial charge in [-0.05, 0) is 25.6 Å². The highest BCUT2D eigenvalue weighted by Gasteiger charge is 2.24. The molecule has 104 valence electrons. The highest BCUT2D eigenvalue weighted by Crippen LogP contribution is 2.14. The number of aliphatic imine (C=N–C) groups is 1. The monoisotopic (exact) mass is 261 g/mol. The lowest BCUT2D eigenvalue weighted by Crippen LogP contribution is -2.56. The molecule has 0 bridgehead atoms. The number of benzene rings is 1. The number of nitrogens with zero attached hydrogens (tertiary/aromatic N) is 3. The largest absolute Gasteiger partial charge is 0.339 e. The second-order valence-corrected chi connectivity index (χ2v) is 4.90. The van der Waals surface area contributed by atoms with Crippen molar-refractivity contribution in [2.75, 3.05) is 26.7 Å². The van der Waals surface area contributed by atoms with E-state index >= 15 is 0 Å². The van der Waals surface area contributed by atoms with Gasteiger partial charge in [0.05, 0.1) is 5.69 Å². The van der Waals surface area contributed by atoms with Gasteiger partial charge in [-0.25, -0.2) is 10.8 Å². The molecule has 2 rings (SSSR count). The van der Waals surface area contributed by atoms with E-state index in [2.05, 4.69) is 34.2 Å². The van der Waals surface area contributed by atoms with E-state index in [0.717, 1.165) is 37.7 Å². The number of guanidine groups is 1. The van der Waals surface area contributed by atoms with E-state index < -0.39 is 0 Å². The Balaban J connectivity index is 2.12. The summed E-state index contributed by atoms with van der Waals surface area (Å²) in [5.74, 6) is 6.38. The smallest absolute Gasteiger partial charge is 0.213 e. The van der Waals surface area contributed by atoms with E-state index in [9.17, 15) is 0 Å². The number of rotatable bonds is 2. The molecule has 0 amide bonds. The molecular weight excluding hydrogens is 238 g/mol. The summed E-state index contributed by atoms with van der Waals surface area (Å²) in [4.78, 5) is 9.20. The van der Waals surface area contributed by atoms with E-state index in [1.807, 2.05) is 30.3 Å². The van der Waals surface area contributed by atoms with Crippen molar-refractivity contribution in [2.45, 2.75) is 19.4 Å². The fraction of sp³-hybridized carbons (Fsp3) is 0.500. The van der Waals surface area contributed by atoms with Crippen molar-refractivity contribution in [1.82, 2.24) is 15.2 Å². The van der Waals surface area contributed by atoms with Crippen LogP contribution in [-0.2, 0) is 0 Å². The summed E-state index contributed by atoms with van der Waals surface area (Å²) in [5, 5.41) is 0. The zero-order valence-electron chi connectivity index (χ0n) is 11.7. The second kappa shape index (κ2) is 6.54. The van der Waals surface area contributed by atoms with E-state index in [4.69, 9.17) is 5.84 Å². The van der Waals surface area contributed by atoms with Gasteiger partial charge in [-0.2, -0.15) is 0 Å². The van der Waals surface area contributed by atoms with Gasteiger partial charge in [0.15, 0.2) is 0 Å². The number of hydrogen-bond donors (Lipinski definition) is 2. The minimum atomic E-state index is 0.558. The molecule has 1 aromatic rings. The van der Waals surface area contributed by atoms with Gasteiger partial charge in [0.1, 0.15) is 0 Å². The van der Waals surface area contributed by atoms with Crippen molar-refractivity contribution in [3.8, 4) is 0 Å². The lowest BCUT2D eigenvalue weighted by Gasteiger charge is -2.40. The van der Waals surface area contributed by atoms with E-state index in [1.165, 1.54) is 0 Å². The van der Waals surface area contributed by atoms with Gasteiger partial charge in [-0.1, -0.05) is 25.1 Å². The molecule has 3 N–H and O–H groups in total. The summed E-state index contributed by atoms with van der Waals surface area (Å²) < 4.78 is 0. The van der Waals surface area contributed by atoms with Crippen molar-refractivity contribution in [3.05, 3.63) is 30.3 Å². The number of hydrogen-bond acceptors (Lipinski definition) is 3. The molecule has 1 atom stereocenters. The average molecular weight is 261 g/mol. The molecule has 0 spiro atoms. The second-order valence-electron chi connectivity index (χ2n) is 4.90. The Hall–Kier alpha value is -1.59. The molecule has 1 heterocycles. The first-order valence-corrected chi connectivity index (χ1v) is 6.80. The quantitative estimate of drug-likeness (QED) is 0.363. The van der Waals surface area contributed by atoms with Crippen LogP contribution in [0.25, 0.3) is 0 Å². The Morgan fingerprint density at radius 2 is 2.11 bits per heavy atom. The molecule has 0 aliphatic carbocycles. The number of likely N-dealkylation sites (N-methyl/N-ethyl adjacent to an activating group) is 1. The minimum absolute atomic E-state index is 0.558. The topological polar surface area (TPSA) is 56.9 Å². The minimum Gasteiger partial charge on any atom is -0.339 e. The standard InChI is InChI=1S/C14H23N5/c1-3-13-11-19(10-9-18(13)2)14(17-15)16-12-7-5-4-6-8-12/h4-8,13H,3,9-11,15H2,1-2H3,(H,16,17). The molecule has 0 aromatic heterocycles. The molecule has 1 aliphatic heterocycles. The fourth-order valence-electron chi connectivity index (χ4n) is 2.40. The Morgan fingerprint density at radius 3 is 2.74 bits per heavy atom. The van der Waals surface area contributed by atoms with Crippen LogP contribution in [0.15, 0.2) is 35.3 Å². The maximum Gasteiger partial charge on any atom is 0.213 e. The van der Waals surface area contributed by atoms with Gasteiger partial charge in [0, 0.05) is 25.7 Å². The SMILES string of the molecule is CCC1CN(C(=Nc2ccccc2)NN)CCN1C. The summed E-state index contributed by atoms with van der Waals surface area (Å²) >= 11 is 0. The van der Waals surface area contributed by atoms with Crippen LogP contribution in [0.1, 0.15) is 13.3 Å². The van der Waals surface area contributed by atoms with Crippen molar-refractivity contribution in [2.24, 2.45) is 10.8 Å². The lowest BCUT2D eigenvalue weighted by atomic mass is 10.1. The molecular formula is C14H23N5. The van der Waals surface area contributed by atoms with Crippen LogP contribution >= 0.6 is 0 Å². The maximum absolute atomic E-state index is 5.64. The Labute approximate surface area is 115 Å². The molecule has 5 nitrogen and oxygen atoms in total. The first-order valence-electron chi connectivity index (χ1n) is 6.80. The van der Waals surface area contributed by atoms with Crippen LogP contribution in [0.4, 0.5) is 5.69 Å². The molecule has 0 saturated carbocycles. The summed E-state index contributed by atoms with van der Waals surface area (Å²) in [6.07, 6.45) is 1.14. The number of piperazine rings is 1. The molecule has 0 radical (unpaired) electrons. The van der Waals surface area contributed by atoms with Crippen LogP contribution in [0.3, 0.4) is 0 Å². The number of hydrazine groups is 1. The van der Waals surface area contributed by atoms with Crippen molar-refractivity contribution < 1.29 is 0 Å². The Kier molecular flexibility index (Phi) is 4.76. The van der Waals surface area contributed by atoms with Gasteiger partial charge in [0.2, 0.25) is 5.96 Å². The summed E-state index contributed by atoms with van der Waals surface area (Å²) in [6, 6.07) is 10.5. The lowest BCUT2D eigenvalue weighted by molar-refractivity contribution is 0.135.